The molecule has 3 heteroatoms. The van der Waals surface area contributed by atoms with Gasteiger partial charge in [-0.2, -0.15) is 0 Å². The van der Waals surface area contributed by atoms with E-state index in [4.69, 9.17) is 0 Å². The van der Waals surface area contributed by atoms with Crippen molar-refractivity contribution in [3.05, 3.63) is 33.8 Å². The summed E-state index contributed by atoms with van der Waals surface area (Å²) in [4.78, 5) is 11.6. The Kier molecular flexibility index (Phi) is 3.06. The highest BCUT2D eigenvalue weighted by molar-refractivity contribution is 9.10. The number of hydrogen-bond acceptors (Lipinski definition) is 1. The highest BCUT2D eigenvalue weighted by Crippen LogP contribution is 2.43. The maximum Gasteiger partial charge on any atom is 0.314 e. The molecular weight excluding hydrogens is 268 g/mol. The predicted octanol–water partition coefficient (Wildman–Crippen LogP) is 3.65. The number of carboxylic acids is 1. The maximum absolute atomic E-state index is 11.6. The Morgan fingerprint density at radius 3 is 2.56 bits per heavy atom. The van der Waals surface area contributed by atoms with Crippen molar-refractivity contribution in [1.29, 1.82) is 0 Å². The first-order valence-corrected chi connectivity index (χ1v) is 6.36. The third-order valence-corrected chi connectivity index (χ3v) is 4.51. The van der Waals surface area contributed by atoms with Gasteiger partial charge in [0.25, 0.3) is 0 Å². The van der Waals surface area contributed by atoms with E-state index in [-0.39, 0.29) is 0 Å². The molecule has 86 valence electrons. The maximum atomic E-state index is 11.6. The Morgan fingerprint density at radius 1 is 1.38 bits per heavy atom. The first-order chi connectivity index (χ1) is 7.58. The van der Waals surface area contributed by atoms with Gasteiger partial charge in [0, 0.05) is 4.47 Å². The van der Waals surface area contributed by atoms with E-state index < -0.39 is 11.4 Å². The second kappa shape index (κ2) is 4.21. The Bertz CT molecular complexity index is 420. The van der Waals surface area contributed by atoms with Crippen molar-refractivity contribution in [2.24, 2.45) is 0 Å². The minimum atomic E-state index is -0.675. The molecule has 0 radical (unpaired) electrons. The van der Waals surface area contributed by atoms with Gasteiger partial charge >= 0.3 is 5.97 Å². The minimum absolute atomic E-state index is 0.645. The van der Waals surface area contributed by atoms with Gasteiger partial charge in [0.1, 0.15) is 0 Å². The smallest absolute Gasteiger partial charge is 0.314 e. The van der Waals surface area contributed by atoms with Crippen molar-refractivity contribution >= 4 is 21.9 Å². The van der Waals surface area contributed by atoms with E-state index in [1.165, 1.54) is 0 Å². The van der Waals surface area contributed by atoms with Crippen LogP contribution in [0.5, 0.6) is 0 Å². The zero-order chi connectivity index (χ0) is 11.8. The monoisotopic (exact) mass is 282 g/mol. The quantitative estimate of drug-likeness (QED) is 0.899. The van der Waals surface area contributed by atoms with Crippen LogP contribution in [0.25, 0.3) is 0 Å². The molecular formula is C13H15BrO2. The van der Waals surface area contributed by atoms with Gasteiger partial charge < -0.3 is 5.11 Å². The summed E-state index contributed by atoms with van der Waals surface area (Å²) in [5, 5.41) is 9.52. The number of carboxylic acid groups (broad SMARTS) is 1. The summed E-state index contributed by atoms with van der Waals surface area (Å²) >= 11 is 3.47. The van der Waals surface area contributed by atoms with Crippen LogP contribution in [-0.4, -0.2) is 11.1 Å². The van der Waals surface area contributed by atoms with Gasteiger partial charge in [0.15, 0.2) is 0 Å². The lowest BCUT2D eigenvalue weighted by Crippen LogP contribution is -2.33. The van der Waals surface area contributed by atoms with Crippen LogP contribution in [0.4, 0.5) is 0 Å². The molecule has 0 unspecified atom stereocenters. The molecule has 0 spiro atoms. The van der Waals surface area contributed by atoms with Crippen LogP contribution in [0.1, 0.15) is 36.8 Å². The molecule has 1 aliphatic rings. The molecule has 0 atom stereocenters. The van der Waals surface area contributed by atoms with Crippen LogP contribution >= 0.6 is 15.9 Å². The predicted molar refractivity (Wildman–Crippen MR) is 66.7 cm³/mol. The minimum Gasteiger partial charge on any atom is -0.481 e. The fourth-order valence-electron chi connectivity index (χ4n) is 2.70. The molecule has 1 N–H and O–H groups in total. The largest absolute Gasteiger partial charge is 0.481 e. The molecule has 0 aromatic heterocycles. The number of hydrogen-bond donors (Lipinski definition) is 1. The fraction of sp³-hybridized carbons (Fsp3) is 0.462. The van der Waals surface area contributed by atoms with Crippen LogP contribution in [0.3, 0.4) is 0 Å². The van der Waals surface area contributed by atoms with Crippen molar-refractivity contribution < 1.29 is 9.90 Å². The molecule has 0 heterocycles. The lowest BCUT2D eigenvalue weighted by Gasteiger charge is -2.26. The topological polar surface area (TPSA) is 37.3 Å². The second-order valence-electron chi connectivity index (χ2n) is 4.51. The lowest BCUT2D eigenvalue weighted by atomic mass is 9.77. The van der Waals surface area contributed by atoms with E-state index >= 15 is 0 Å². The summed E-state index contributed by atoms with van der Waals surface area (Å²) in [7, 11) is 0. The van der Waals surface area contributed by atoms with E-state index in [1.54, 1.807) is 0 Å². The second-order valence-corrected chi connectivity index (χ2v) is 5.36. The zero-order valence-corrected chi connectivity index (χ0v) is 10.9. The summed E-state index contributed by atoms with van der Waals surface area (Å²) in [6.45, 7) is 1.99. The molecule has 0 amide bonds. The van der Waals surface area contributed by atoms with Gasteiger partial charge in [-0.05, 0) is 37.0 Å². The van der Waals surface area contributed by atoms with Gasteiger partial charge in [0.05, 0.1) is 5.41 Å². The van der Waals surface area contributed by atoms with E-state index in [0.29, 0.717) is 0 Å². The number of aliphatic carboxylic acids is 1. The fourth-order valence-corrected chi connectivity index (χ4v) is 3.07. The van der Waals surface area contributed by atoms with E-state index in [1.807, 2.05) is 25.1 Å². The molecule has 0 bridgehead atoms. The average molecular weight is 283 g/mol. The third kappa shape index (κ3) is 1.67. The van der Waals surface area contributed by atoms with E-state index in [9.17, 15) is 9.90 Å². The van der Waals surface area contributed by atoms with Crippen molar-refractivity contribution in [1.82, 2.24) is 0 Å². The average Bonchev–Trinajstić information content (AvgIpc) is 2.72. The van der Waals surface area contributed by atoms with Crippen LogP contribution in [0.2, 0.25) is 0 Å². The molecule has 2 rings (SSSR count). The normalized spacial score (nSPS) is 18.6. The number of halogens is 1. The van der Waals surface area contributed by atoms with Crippen molar-refractivity contribution in [3.63, 3.8) is 0 Å². The van der Waals surface area contributed by atoms with Crippen molar-refractivity contribution in [3.8, 4) is 0 Å². The van der Waals surface area contributed by atoms with Gasteiger partial charge in [0.2, 0.25) is 0 Å². The number of carbonyl (C=O) groups is 1. The Morgan fingerprint density at radius 2 is 2.00 bits per heavy atom. The molecule has 1 aromatic carbocycles. The standard InChI is InChI=1S/C13H15BrO2/c1-9-10(5-4-6-11(9)14)13(12(15)16)7-2-3-8-13/h4-6H,2-3,7-8H2,1H3,(H,15,16). The Hall–Kier alpha value is -0.830. The highest BCUT2D eigenvalue weighted by Gasteiger charge is 2.43. The van der Waals surface area contributed by atoms with Crippen LogP contribution < -0.4 is 0 Å². The summed E-state index contributed by atoms with van der Waals surface area (Å²) in [5.74, 6) is -0.675. The SMILES string of the molecule is Cc1c(Br)cccc1C1(C(=O)O)CCCC1. The Balaban J connectivity index is 2.56. The van der Waals surface area contributed by atoms with Gasteiger partial charge in [-0.15, -0.1) is 0 Å². The zero-order valence-electron chi connectivity index (χ0n) is 9.29. The highest BCUT2D eigenvalue weighted by atomic mass is 79.9. The third-order valence-electron chi connectivity index (χ3n) is 3.65. The summed E-state index contributed by atoms with van der Waals surface area (Å²) in [5.41, 5.74) is 1.40. The molecule has 0 aliphatic heterocycles. The molecule has 2 nitrogen and oxygen atoms in total. The van der Waals surface area contributed by atoms with Crippen LogP contribution in [0.15, 0.2) is 22.7 Å². The first kappa shape index (κ1) is 11.6. The summed E-state index contributed by atoms with van der Waals surface area (Å²) in [6.07, 6.45) is 3.55. The van der Waals surface area contributed by atoms with E-state index in [0.717, 1.165) is 41.3 Å². The lowest BCUT2D eigenvalue weighted by molar-refractivity contribution is -0.143. The van der Waals surface area contributed by atoms with Crippen LogP contribution in [0, 0.1) is 6.92 Å². The van der Waals surface area contributed by atoms with E-state index in [2.05, 4.69) is 15.9 Å². The molecule has 1 saturated carbocycles. The van der Waals surface area contributed by atoms with Gasteiger partial charge in [-0.1, -0.05) is 40.9 Å². The van der Waals surface area contributed by atoms with Crippen molar-refractivity contribution in [2.45, 2.75) is 38.0 Å². The molecule has 0 saturated heterocycles. The number of rotatable bonds is 2. The first-order valence-electron chi connectivity index (χ1n) is 5.57. The molecule has 1 fully saturated rings. The van der Waals surface area contributed by atoms with Gasteiger partial charge in [-0.25, -0.2) is 0 Å². The van der Waals surface area contributed by atoms with Gasteiger partial charge in [-0.3, -0.25) is 4.79 Å². The number of benzene rings is 1. The summed E-state index contributed by atoms with van der Waals surface area (Å²) in [6, 6.07) is 5.85. The molecule has 1 aliphatic carbocycles. The Labute approximate surface area is 104 Å². The van der Waals surface area contributed by atoms with Crippen LogP contribution in [-0.2, 0) is 10.2 Å². The molecule has 16 heavy (non-hydrogen) atoms. The summed E-state index contributed by atoms with van der Waals surface area (Å²) < 4.78 is 0.998. The molecule has 1 aromatic rings. The van der Waals surface area contributed by atoms with Crippen molar-refractivity contribution in [2.75, 3.05) is 0 Å².